The minimum Gasteiger partial charge on any atom is -0.330 e. The minimum atomic E-state index is -0.167. The maximum Gasteiger partial charge on any atom is 0.123 e. The van der Waals surface area contributed by atoms with Crippen molar-refractivity contribution in [2.45, 2.75) is 25.7 Å². The van der Waals surface area contributed by atoms with Crippen molar-refractivity contribution in [1.29, 1.82) is 0 Å². The zero-order chi connectivity index (χ0) is 13.7. The van der Waals surface area contributed by atoms with Gasteiger partial charge in [0.2, 0.25) is 0 Å². The predicted octanol–water partition coefficient (Wildman–Crippen LogP) is 3.81. The van der Waals surface area contributed by atoms with Crippen LogP contribution in [0, 0.1) is 12.7 Å². The quantitative estimate of drug-likeness (QED) is 0.866. The van der Waals surface area contributed by atoms with Crippen molar-refractivity contribution in [2.24, 2.45) is 5.73 Å². The van der Waals surface area contributed by atoms with Crippen LogP contribution in [0.2, 0.25) is 0 Å². The first-order chi connectivity index (χ1) is 9.20. The average Bonchev–Trinajstić information content (AvgIpc) is 2.43. The molecule has 0 aromatic heterocycles. The van der Waals surface area contributed by atoms with Gasteiger partial charge in [-0.2, -0.15) is 0 Å². The molecule has 0 heterocycles. The van der Waals surface area contributed by atoms with E-state index in [2.05, 4.69) is 12.1 Å². The topological polar surface area (TPSA) is 26.0 Å². The number of hydrogen-bond donors (Lipinski definition) is 1. The molecule has 2 rings (SSSR count). The molecule has 0 aliphatic heterocycles. The molecule has 2 heteroatoms. The monoisotopic (exact) mass is 257 g/mol. The Morgan fingerprint density at radius 2 is 1.84 bits per heavy atom. The van der Waals surface area contributed by atoms with E-state index in [1.807, 2.05) is 31.2 Å². The van der Waals surface area contributed by atoms with Crippen molar-refractivity contribution in [3.63, 3.8) is 0 Å². The van der Waals surface area contributed by atoms with E-state index in [9.17, 15) is 4.39 Å². The van der Waals surface area contributed by atoms with Crippen LogP contribution in [-0.4, -0.2) is 6.54 Å². The molecule has 0 aliphatic carbocycles. The molecule has 0 amide bonds. The molecule has 0 bridgehead atoms. The molecule has 0 spiro atoms. The van der Waals surface area contributed by atoms with Crippen LogP contribution in [0.4, 0.5) is 4.39 Å². The van der Waals surface area contributed by atoms with E-state index in [1.165, 1.54) is 17.2 Å². The molecule has 2 aromatic rings. The number of nitrogens with two attached hydrogens (primary N) is 1. The second-order valence-electron chi connectivity index (χ2n) is 4.95. The highest BCUT2D eigenvalue weighted by atomic mass is 19.1. The molecule has 19 heavy (non-hydrogen) atoms. The average molecular weight is 257 g/mol. The Labute approximate surface area is 114 Å². The van der Waals surface area contributed by atoms with Gasteiger partial charge in [-0.25, -0.2) is 4.39 Å². The molecule has 2 aromatic carbocycles. The van der Waals surface area contributed by atoms with Crippen LogP contribution >= 0.6 is 0 Å². The van der Waals surface area contributed by atoms with Crippen molar-refractivity contribution in [2.75, 3.05) is 6.54 Å². The first-order valence-electron chi connectivity index (χ1n) is 6.70. The Kier molecular flexibility index (Phi) is 4.69. The van der Waals surface area contributed by atoms with Crippen molar-refractivity contribution < 1.29 is 4.39 Å². The zero-order valence-corrected chi connectivity index (χ0v) is 11.3. The predicted molar refractivity (Wildman–Crippen MR) is 77.7 cm³/mol. The third-order valence-corrected chi connectivity index (χ3v) is 3.62. The summed E-state index contributed by atoms with van der Waals surface area (Å²) in [5.74, 6) is 0.199. The van der Waals surface area contributed by atoms with Gasteiger partial charge in [0, 0.05) is 0 Å². The van der Waals surface area contributed by atoms with Crippen molar-refractivity contribution in [1.82, 2.24) is 0 Å². The molecule has 1 atom stereocenters. The van der Waals surface area contributed by atoms with Gasteiger partial charge in [-0.15, -0.1) is 0 Å². The summed E-state index contributed by atoms with van der Waals surface area (Å²) in [4.78, 5) is 0. The van der Waals surface area contributed by atoms with Gasteiger partial charge in [0.25, 0.3) is 0 Å². The largest absolute Gasteiger partial charge is 0.330 e. The van der Waals surface area contributed by atoms with E-state index >= 15 is 0 Å². The van der Waals surface area contributed by atoms with Gasteiger partial charge in [-0.3, -0.25) is 0 Å². The van der Waals surface area contributed by atoms with Gasteiger partial charge in [0.15, 0.2) is 0 Å². The molecule has 0 radical (unpaired) electrons. The van der Waals surface area contributed by atoms with E-state index in [1.54, 1.807) is 6.07 Å². The molecular formula is C17H20FN. The lowest BCUT2D eigenvalue weighted by atomic mass is 9.91. The summed E-state index contributed by atoms with van der Waals surface area (Å²) in [6.07, 6.45) is 1.93. The summed E-state index contributed by atoms with van der Waals surface area (Å²) >= 11 is 0. The summed E-state index contributed by atoms with van der Waals surface area (Å²) < 4.78 is 13.1. The van der Waals surface area contributed by atoms with Gasteiger partial charge in [0.05, 0.1) is 0 Å². The maximum absolute atomic E-state index is 13.1. The first kappa shape index (κ1) is 13.8. The molecule has 0 aliphatic rings. The summed E-state index contributed by atoms with van der Waals surface area (Å²) in [5.41, 5.74) is 9.38. The van der Waals surface area contributed by atoms with Crippen LogP contribution in [-0.2, 0) is 6.42 Å². The van der Waals surface area contributed by atoms with Crippen molar-refractivity contribution in [3.8, 4) is 0 Å². The molecule has 1 unspecified atom stereocenters. The molecule has 0 fully saturated rings. The Balaban J connectivity index is 2.04. The summed E-state index contributed by atoms with van der Waals surface area (Å²) in [5, 5.41) is 0. The fourth-order valence-corrected chi connectivity index (χ4v) is 2.42. The smallest absolute Gasteiger partial charge is 0.123 e. The van der Waals surface area contributed by atoms with Crippen LogP contribution in [0.3, 0.4) is 0 Å². The third-order valence-electron chi connectivity index (χ3n) is 3.62. The number of hydrogen-bond acceptors (Lipinski definition) is 1. The molecule has 100 valence electrons. The highest BCUT2D eigenvalue weighted by Gasteiger charge is 2.10. The number of aryl methyl sites for hydroxylation is 2. The minimum absolute atomic E-state index is 0.167. The van der Waals surface area contributed by atoms with E-state index in [4.69, 9.17) is 5.73 Å². The van der Waals surface area contributed by atoms with Crippen LogP contribution in [0.15, 0.2) is 48.5 Å². The molecule has 2 N–H and O–H groups in total. The van der Waals surface area contributed by atoms with Gasteiger partial charge in [-0.1, -0.05) is 36.4 Å². The van der Waals surface area contributed by atoms with E-state index in [0.29, 0.717) is 12.5 Å². The normalized spacial score (nSPS) is 12.4. The van der Waals surface area contributed by atoms with Crippen molar-refractivity contribution >= 4 is 0 Å². The van der Waals surface area contributed by atoms with E-state index in [-0.39, 0.29) is 5.82 Å². The van der Waals surface area contributed by atoms with Crippen LogP contribution in [0.1, 0.15) is 29.0 Å². The summed E-state index contributed by atoms with van der Waals surface area (Å²) in [7, 11) is 0. The second-order valence-corrected chi connectivity index (χ2v) is 4.95. The first-order valence-corrected chi connectivity index (χ1v) is 6.70. The lowest BCUT2D eigenvalue weighted by molar-refractivity contribution is 0.618. The highest BCUT2D eigenvalue weighted by Crippen LogP contribution is 2.22. The standard InChI is InChI=1S/C17H20FN/c1-13-11-17(18)10-9-14(13)7-8-16(12-19)15-5-3-2-4-6-15/h2-6,9-11,16H,7-8,12,19H2,1H3. The number of benzene rings is 2. The maximum atomic E-state index is 13.1. The van der Waals surface area contributed by atoms with Gasteiger partial charge in [0.1, 0.15) is 5.82 Å². The number of halogens is 1. The van der Waals surface area contributed by atoms with Crippen LogP contribution in [0.25, 0.3) is 0 Å². The van der Waals surface area contributed by atoms with E-state index in [0.717, 1.165) is 18.4 Å². The van der Waals surface area contributed by atoms with Gasteiger partial charge >= 0.3 is 0 Å². The lowest BCUT2D eigenvalue weighted by Gasteiger charge is -2.16. The Bertz CT molecular complexity index is 522. The summed E-state index contributed by atoms with van der Waals surface area (Å²) in [6, 6.07) is 15.3. The SMILES string of the molecule is Cc1cc(F)ccc1CCC(CN)c1ccccc1. The summed E-state index contributed by atoms with van der Waals surface area (Å²) in [6.45, 7) is 2.60. The van der Waals surface area contributed by atoms with Crippen LogP contribution < -0.4 is 5.73 Å². The third kappa shape index (κ3) is 3.65. The zero-order valence-electron chi connectivity index (χ0n) is 11.3. The van der Waals surface area contributed by atoms with E-state index < -0.39 is 0 Å². The molecule has 1 nitrogen and oxygen atoms in total. The van der Waals surface area contributed by atoms with Gasteiger partial charge < -0.3 is 5.73 Å². The van der Waals surface area contributed by atoms with Crippen molar-refractivity contribution in [3.05, 3.63) is 71.0 Å². The van der Waals surface area contributed by atoms with Gasteiger partial charge in [-0.05, 0) is 61.1 Å². The lowest BCUT2D eigenvalue weighted by Crippen LogP contribution is -2.13. The Hall–Kier alpha value is -1.67. The fourth-order valence-electron chi connectivity index (χ4n) is 2.42. The molecule has 0 saturated heterocycles. The molecule has 0 saturated carbocycles. The second kappa shape index (κ2) is 6.48. The number of rotatable bonds is 5. The molecular weight excluding hydrogens is 237 g/mol. The van der Waals surface area contributed by atoms with Crippen LogP contribution in [0.5, 0.6) is 0 Å². The Morgan fingerprint density at radius 1 is 1.11 bits per heavy atom. The fraction of sp³-hybridized carbons (Fsp3) is 0.294. The Morgan fingerprint density at radius 3 is 2.47 bits per heavy atom. The highest BCUT2D eigenvalue weighted by molar-refractivity contribution is 5.27.